The van der Waals surface area contributed by atoms with E-state index in [0.717, 1.165) is 24.2 Å². The average Bonchev–Trinajstić information content (AvgIpc) is 2.83. The van der Waals surface area contributed by atoms with Crippen LogP contribution in [0.25, 0.3) is 6.08 Å². The molecular formula is C12H18Cl2N4O. The number of rotatable bonds is 2. The van der Waals surface area contributed by atoms with Crippen LogP contribution in [0.1, 0.15) is 17.7 Å². The molecule has 1 aliphatic heterocycles. The highest BCUT2D eigenvalue weighted by atomic mass is 35.5. The number of carbonyl (C=O) groups excluding carboxylic acids is 1. The quantitative estimate of drug-likeness (QED) is 0.840. The van der Waals surface area contributed by atoms with Gasteiger partial charge < -0.3 is 10.6 Å². The maximum absolute atomic E-state index is 11.9. The predicted molar refractivity (Wildman–Crippen MR) is 78.4 cm³/mol. The highest BCUT2D eigenvalue weighted by Crippen LogP contribution is 2.20. The summed E-state index contributed by atoms with van der Waals surface area (Å²) >= 11 is 6.08. The summed E-state index contributed by atoms with van der Waals surface area (Å²) in [4.78, 5) is 13.7. The fraction of sp³-hybridized carbons (Fsp3) is 0.500. The van der Waals surface area contributed by atoms with Gasteiger partial charge in [-0.2, -0.15) is 5.10 Å². The maximum Gasteiger partial charge on any atom is 0.246 e. The van der Waals surface area contributed by atoms with Crippen LogP contribution in [0, 0.1) is 6.92 Å². The van der Waals surface area contributed by atoms with Crippen LogP contribution in [0.2, 0.25) is 5.15 Å². The lowest BCUT2D eigenvalue weighted by atomic mass is 10.2. The van der Waals surface area contributed by atoms with Crippen LogP contribution >= 0.6 is 24.0 Å². The summed E-state index contributed by atoms with van der Waals surface area (Å²) in [6, 6.07) is 0.103. The third kappa shape index (κ3) is 3.49. The second-order valence-corrected chi connectivity index (χ2v) is 4.94. The van der Waals surface area contributed by atoms with Gasteiger partial charge in [0.15, 0.2) is 0 Å². The molecule has 5 nitrogen and oxygen atoms in total. The van der Waals surface area contributed by atoms with Crippen LogP contribution in [0.5, 0.6) is 0 Å². The summed E-state index contributed by atoms with van der Waals surface area (Å²) in [5.74, 6) is -0.0257. The number of aryl methyl sites for hydroxylation is 2. The van der Waals surface area contributed by atoms with Gasteiger partial charge in [0.25, 0.3) is 0 Å². The van der Waals surface area contributed by atoms with E-state index in [2.05, 4.69) is 5.10 Å². The molecule has 1 saturated heterocycles. The molecule has 1 aromatic heterocycles. The Labute approximate surface area is 123 Å². The zero-order chi connectivity index (χ0) is 13.3. The van der Waals surface area contributed by atoms with Crippen molar-refractivity contribution in [1.82, 2.24) is 14.7 Å². The van der Waals surface area contributed by atoms with Gasteiger partial charge >= 0.3 is 0 Å². The molecule has 2 heterocycles. The lowest BCUT2D eigenvalue weighted by molar-refractivity contribution is -0.124. The second kappa shape index (κ2) is 6.41. The van der Waals surface area contributed by atoms with Crippen LogP contribution in [0.15, 0.2) is 6.08 Å². The van der Waals surface area contributed by atoms with Crippen LogP contribution < -0.4 is 5.73 Å². The van der Waals surface area contributed by atoms with Gasteiger partial charge in [0, 0.05) is 37.8 Å². The first-order chi connectivity index (χ1) is 8.49. The van der Waals surface area contributed by atoms with E-state index in [9.17, 15) is 4.79 Å². The van der Waals surface area contributed by atoms with Crippen LogP contribution in [0.3, 0.4) is 0 Å². The number of hydrogen-bond acceptors (Lipinski definition) is 3. The Morgan fingerprint density at radius 3 is 2.74 bits per heavy atom. The molecule has 0 spiro atoms. The van der Waals surface area contributed by atoms with Crippen LogP contribution in [0.4, 0.5) is 0 Å². The van der Waals surface area contributed by atoms with E-state index in [-0.39, 0.29) is 24.4 Å². The van der Waals surface area contributed by atoms with Gasteiger partial charge in [0.2, 0.25) is 5.91 Å². The van der Waals surface area contributed by atoms with Gasteiger partial charge in [-0.05, 0) is 19.4 Å². The minimum absolute atomic E-state index is 0. The first-order valence-electron chi connectivity index (χ1n) is 5.90. The van der Waals surface area contributed by atoms with Gasteiger partial charge in [-0.3, -0.25) is 9.48 Å². The van der Waals surface area contributed by atoms with E-state index in [4.69, 9.17) is 17.3 Å². The van der Waals surface area contributed by atoms with E-state index < -0.39 is 0 Å². The van der Waals surface area contributed by atoms with Crippen molar-refractivity contribution in [3.8, 4) is 0 Å². The first-order valence-corrected chi connectivity index (χ1v) is 6.28. The summed E-state index contributed by atoms with van der Waals surface area (Å²) in [6.07, 6.45) is 4.12. The van der Waals surface area contributed by atoms with Crippen molar-refractivity contribution < 1.29 is 4.79 Å². The lowest BCUT2D eigenvalue weighted by Gasteiger charge is -2.12. The van der Waals surface area contributed by atoms with E-state index >= 15 is 0 Å². The molecule has 0 radical (unpaired) electrons. The molecule has 1 fully saturated rings. The van der Waals surface area contributed by atoms with Gasteiger partial charge in [-0.1, -0.05) is 11.6 Å². The van der Waals surface area contributed by atoms with Crippen LogP contribution in [-0.4, -0.2) is 39.7 Å². The number of amides is 1. The number of nitrogens with two attached hydrogens (primary N) is 1. The topological polar surface area (TPSA) is 64.2 Å². The Bertz CT molecular complexity index is 498. The highest BCUT2D eigenvalue weighted by Gasteiger charge is 2.21. The molecule has 1 aromatic rings. The van der Waals surface area contributed by atoms with E-state index in [1.54, 1.807) is 22.7 Å². The van der Waals surface area contributed by atoms with E-state index in [0.29, 0.717) is 11.7 Å². The summed E-state index contributed by atoms with van der Waals surface area (Å²) in [5.41, 5.74) is 7.37. The Morgan fingerprint density at radius 2 is 2.26 bits per heavy atom. The minimum atomic E-state index is -0.0257. The minimum Gasteiger partial charge on any atom is -0.338 e. The third-order valence-corrected chi connectivity index (χ3v) is 3.57. The third-order valence-electron chi connectivity index (χ3n) is 3.13. The summed E-state index contributed by atoms with van der Waals surface area (Å²) < 4.78 is 1.59. The van der Waals surface area contributed by atoms with Gasteiger partial charge in [0.1, 0.15) is 5.15 Å². The smallest absolute Gasteiger partial charge is 0.246 e. The fourth-order valence-corrected chi connectivity index (χ4v) is 2.32. The number of hydrogen-bond donors (Lipinski definition) is 1. The molecule has 7 heteroatoms. The maximum atomic E-state index is 11.9. The van der Waals surface area contributed by atoms with Crippen molar-refractivity contribution >= 4 is 36.0 Å². The SMILES string of the molecule is Cc1nn(C)c(Cl)c1/C=C/C(=O)N1CCC(N)C1.Cl. The van der Waals surface area contributed by atoms with Crippen molar-refractivity contribution in [2.45, 2.75) is 19.4 Å². The standard InChI is InChI=1S/C12H17ClN4O.ClH/c1-8-10(12(13)16(2)15-8)3-4-11(18)17-6-5-9(14)7-17;/h3-4,9H,5-7,14H2,1-2H3;1H/b4-3+;. The number of likely N-dealkylation sites (tertiary alicyclic amines) is 1. The zero-order valence-corrected chi connectivity index (χ0v) is 12.5. The zero-order valence-electron chi connectivity index (χ0n) is 11.0. The highest BCUT2D eigenvalue weighted by molar-refractivity contribution is 6.31. The molecule has 1 unspecified atom stereocenters. The fourth-order valence-electron chi connectivity index (χ4n) is 2.08. The van der Waals surface area contributed by atoms with Crippen molar-refractivity contribution in [2.24, 2.45) is 12.8 Å². The Balaban J connectivity index is 0.00000180. The first kappa shape index (κ1) is 16.0. The molecule has 2 N–H and O–H groups in total. The Kier molecular flexibility index (Phi) is 5.40. The summed E-state index contributed by atoms with van der Waals surface area (Å²) in [5, 5.41) is 4.72. The van der Waals surface area contributed by atoms with E-state index in [1.807, 2.05) is 6.92 Å². The van der Waals surface area contributed by atoms with Gasteiger partial charge in [-0.25, -0.2) is 0 Å². The Morgan fingerprint density at radius 1 is 1.58 bits per heavy atom. The molecule has 1 aliphatic rings. The lowest BCUT2D eigenvalue weighted by Crippen LogP contribution is -2.30. The molecule has 0 bridgehead atoms. The monoisotopic (exact) mass is 304 g/mol. The average molecular weight is 305 g/mol. The Hall–Kier alpha value is -1.04. The van der Waals surface area contributed by atoms with E-state index in [1.165, 1.54) is 6.08 Å². The number of aromatic nitrogens is 2. The van der Waals surface area contributed by atoms with Crippen molar-refractivity contribution in [3.05, 3.63) is 22.5 Å². The molecule has 1 atom stereocenters. The molecule has 0 aliphatic carbocycles. The second-order valence-electron chi connectivity index (χ2n) is 4.58. The summed E-state index contributed by atoms with van der Waals surface area (Å²) in [6.45, 7) is 3.22. The van der Waals surface area contributed by atoms with Crippen LogP contribution in [-0.2, 0) is 11.8 Å². The largest absolute Gasteiger partial charge is 0.338 e. The molecular weight excluding hydrogens is 287 g/mol. The number of halogens is 2. The molecule has 0 saturated carbocycles. The van der Waals surface area contributed by atoms with Crippen molar-refractivity contribution in [3.63, 3.8) is 0 Å². The predicted octanol–water partition coefficient (Wildman–Crippen LogP) is 1.38. The molecule has 2 rings (SSSR count). The number of carbonyl (C=O) groups is 1. The normalized spacial score (nSPS) is 18.9. The molecule has 106 valence electrons. The molecule has 1 amide bonds. The molecule has 0 aromatic carbocycles. The summed E-state index contributed by atoms with van der Waals surface area (Å²) in [7, 11) is 1.77. The van der Waals surface area contributed by atoms with Gasteiger partial charge in [0.05, 0.1) is 5.69 Å². The van der Waals surface area contributed by atoms with Crippen molar-refractivity contribution in [2.75, 3.05) is 13.1 Å². The molecule has 19 heavy (non-hydrogen) atoms. The van der Waals surface area contributed by atoms with Gasteiger partial charge in [-0.15, -0.1) is 12.4 Å². The van der Waals surface area contributed by atoms with Crippen molar-refractivity contribution in [1.29, 1.82) is 0 Å². The number of nitrogens with zero attached hydrogens (tertiary/aromatic N) is 3.